The van der Waals surface area contributed by atoms with E-state index in [1.165, 1.54) is 11.3 Å². The van der Waals surface area contributed by atoms with Crippen LogP contribution < -0.4 is 5.32 Å². The molecule has 0 fully saturated rings. The first-order valence-corrected chi connectivity index (χ1v) is 8.70. The number of anilines is 1. The number of nitrogens with one attached hydrogen (secondary N) is 1. The van der Waals surface area contributed by atoms with Crippen molar-refractivity contribution >= 4 is 27.3 Å². The van der Waals surface area contributed by atoms with Crippen LogP contribution in [0.4, 0.5) is 5.13 Å². The third-order valence-corrected chi connectivity index (χ3v) is 4.70. The number of rotatable bonds is 5. The molecule has 7 nitrogen and oxygen atoms in total. The van der Waals surface area contributed by atoms with Crippen LogP contribution in [0.25, 0.3) is 16.5 Å². The van der Waals surface area contributed by atoms with E-state index in [0.717, 1.165) is 5.56 Å². The van der Waals surface area contributed by atoms with E-state index in [1.807, 2.05) is 37.3 Å². The fourth-order valence-electron chi connectivity index (χ4n) is 2.68. The van der Waals surface area contributed by atoms with Crippen molar-refractivity contribution in [1.82, 2.24) is 19.8 Å². The van der Waals surface area contributed by atoms with Gasteiger partial charge in [0.25, 0.3) is 0 Å². The molecule has 0 aliphatic carbocycles. The Bertz CT molecular complexity index is 991. The Labute approximate surface area is 147 Å². The zero-order valence-electron chi connectivity index (χ0n) is 13.4. The molecular weight excluding hydrogens is 338 g/mol. The average Bonchev–Trinajstić information content (AvgIpc) is 3.33. The highest BCUT2D eigenvalue weighted by Gasteiger charge is 2.21. The number of carbonyl (C=O) groups is 1. The van der Waals surface area contributed by atoms with Gasteiger partial charge in [-0.25, -0.2) is 0 Å². The number of carbonyl (C=O) groups excluding carboxylic acids is 1. The Kier molecular flexibility index (Phi) is 4.02. The summed E-state index contributed by atoms with van der Waals surface area (Å²) >= 11 is 1.27. The van der Waals surface area contributed by atoms with E-state index in [-0.39, 0.29) is 11.8 Å². The van der Waals surface area contributed by atoms with Crippen LogP contribution in [0.15, 0.2) is 53.1 Å². The molecule has 1 aromatic carbocycles. The van der Waals surface area contributed by atoms with Gasteiger partial charge in [-0.2, -0.15) is 4.52 Å². The molecule has 0 radical (unpaired) electrons. The van der Waals surface area contributed by atoms with Gasteiger partial charge in [-0.15, -0.1) is 15.3 Å². The average molecular weight is 353 g/mol. The first-order valence-electron chi connectivity index (χ1n) is 7.88. The fourth-order valence-corrected chi connectivity index (χ4v) is 3.42. The van der Waals surface area contributed by atoms with Gasteiger partial charge in [0.1, 0.15) is 0 Å². The van der Waals surface area contributed by atoms with Crippen LogP contribution in [0.5, 0.6) is 0 Å². The normalized spacial score (nSPS) is 12.4. The smallest absolute Gasteiger partial charge is 0.236 e. The van der Waals surface area contributed by atoms with Gasteiger partial charge >= 0.3 is 0 Å². The monoisotopic (exact) mass is 353 g/mol. The Hall–Kier alpha value is -3.00. The highest BCUT2D eigenvalue weighted by molar-refractivity contribution is 7.20. The Morgan fingerprint density at radius 1 is 1.24 bits per heavy atom. The number of aromatic nitrogens is 4. The molecule has 3 aromatic heterocycles. The lowest BCUT2D eigenvalue weighted by Crippen LogP contribution is -2.20. The summed E-state index contributed by atoms with van der Waals surface area (Å²) in [5.41, 5.74) is 0.988. The maximum absolute atomic E-state index is 12.6. The molecule has 0 aliphatic heterocycles. The van der Waals surface area contributed by atoms with Crippen LogP contribution in [-0.4, -0.2) is 25.7 Å². The molecule has 1 amide bonds. The number of hydrogen-bond donors (Lipinski definition) is 1. The van der Waals surface area contributed by atoms with Crippen molar-refractivity contribution in [2.75, 3.05) is 5.32 Å². The summed E-state index contributed by atoms with van der Waals surface area (Å²) in [6.07, 6.45) is 2.27. The molecule has 4 aromatic rings. The second-order valence-electron chi connectivity index (χ2n) is 5.46. The van der Waals surface area contributed by atoms with Crippen molar-refractivity contribution < 1.29 is 9.21 Å². The summed E-state index contributed by atoms with van der Waals surface area (Å²) in [4.78, 5) is 13.2. The number of hydrogen-bond acceptors (Lipinski definition) is 6. The minimum absolute atomic E-state index is 0.0850. The SMILES string of the molecule is CC[C@@H](C(=O)Nc1nn2c(-c3ccco3)nnc2s1)c1ccccc1. The van der Waals surface area contributed by atoms with Gasteiger partial charge in [0.05, 0.1) is 12.2 Å². The van der Waals surface area contributed by atoms with Gasteiger partial charge in [-0.3, -0.25) is 10.1 Å². The topological polar surface area (TPSA) is 85.3 Å². The van der Waals surface area contributed by atoms with Crippen molar-refractivity contribution in [1.29, 1.82) is 0 Å². The molecule has 4 rings (SSSR count). The van der Waals surface area contributed by atoms with Gasteiger partial charge in [0, 0.05) is 0 Å². The van der Waals surface area contributed by atoms with Crippen LogP contribution in [0.2, 0.25) is 0 Å². The van der Waals surface area contributed by atoms with E-state index >= 15 is 0 Å². The lowest BCUT2D eigenvalue weighted by atomic mass is 9.96. The Morgan fingerprint density at radius 2 is 2.08 bits per heavy atom. The molecule has 8 heteroatoms. The largest absolute Gasteiger partial charge is 0.461 e. The second-order valence-corrected chi connectivity index (χ2v) is 6.42. The zero-order valence-corrected chi connectivity index (χ0v) is 14.2. The quantitative estimate of drug-likeness (QED) is 0.593. The van der Waals surface area contributed by atoms with E-state index in [9.17, 15) is 4.79 Å². The van der Waals surface area contributed by atoms with Crippen LogP contribution >= 0.6 is 11.3 Å². The van der Waals surface area contributed by atoms with Gasteiger partial charge in [0.2, 0.25) is 21.8 Å². The minimum atomic E-state index is -0.222. The van der Waals surface area contributed by atoms with Crippen LogP contribution in [0.1, 0.15) is 24.8 Å². The van der Waals surface area contributed by atoms with Crippen molar-refractivity contribution in [3.8, 4) is 11.6 Å². The predicted molar refractivity (Wildman–Crippen MR) is 94.5 cm³/mol. The van der Waals surface area contributed by atoms with Crippen LogP contribution in [-0.2, 0) is 4.79 Å². The standard InChI is InChI=1S/C17H15N5O2S/c1-2-12(11-7-4-3-5-8-11)15(23)18-16-21-22-14(13-9-6-10-24-13)19-20-17(22)25-16/h3-10,12H,2H2,1H3,(H,18,21,23)/t12-/m1/s1. The van der Waals surface area contributed by atoms with E-state index in [1.54, 1.807) is 22.9 Å². The molecule has 0 unspecified atom stereocenters. The highest BCUT2D eigenvalue weighted by Crippen LogP contribution is 2.26. The number of benzene rings is 1. The van der Waals surface area contributed by atoms with E-state index in [2.05, 4.69) is 20.6 Å². The second kappa shape index (κ2) is 6.48. The molecule has 0 aliphatic rings. The molecular formula is C17H15N5O2S. The summed E-state index contributed by atoms with van der Waals surface area (Å²) in [5, 5.41) is 15.9. The molecule has 126 valence electrons. The first-order chi connectivity index (χ1) is 12.3. The minimum Gasteiger partial charge on any atom is -0.461 e. The lowest BCUT2D eigenvalue weighted by Gasteiger charge is -2.13. The third kappa shape index (κ3) is 2.91. The van der Waals surface area contributed by atoms with Crippen molar-refractivity contribution in [3.63, 3.8) is 0 Å². The summed E-state index contributed by atoms with van der Waals surface area (Å²) in [7, 11) is 0. The fraction of sp³-hybridized carbons (Fsp3) is 0.176. The molecule has 0 spiro atoms. The van der Waals surface area contributed by atoms with E-state index in [0.29, 0.717) is 28.1 Å². The predicted octanol–water partition coefficient (Wildman–Crippen LogP) is 3.58. The number of furan rings is 1. The maximum Gasteiger partial charge on any atom is 0.236 e. The Morgan fingerprint density at radius 3 is 2.80 bits per heavy atom. The summed E-state index contributed by atoms with van der Waals surface area (Å²) in [6.45, 7) is 1.99. The molecule has 25 heavy (non-hydrogen) atoms. The van der Waals surface area contributed by atoms with Gasteiger partial charge in [-0.05, 0) is 24.1 Å². The third-order valence-electron chi connectivity index (χ3n) is 3.89. The van der Waals surface area contributed by atoms with Gasteiger partial charge < -0.3 is 4.42 Å². The first kappa shape index (κ1) is 15.5. The van der Waals surface area contributed by atoms with Crippen LogP contribution in [0, 0.1) is 0 Å². The lowest BCUT2D eigenvalue weighted by molar-refractivity contribution is -0.117. The van der Waals surface area contributed by atoms with Gasteiger partial charge in [0.15, 0.2) is 5.76 Å². The van der Waals surface area contributed by atoms with E-state index < -0.39 is 0 Å². The number of fused-ring (bicyclic) bond motifs is 1. The van der Waals surface area contributed by atoms with Crippen molar-refractivity contribution in [2.45, 2.75) is 19.3 Å². The highest BCUT2D eigenvalue weighted by atomic mass is 32.1. The molecule has 0 saturated carbocycles. The zero-order chi connectivity index (χ0) is 17.2. The number of amides is 1. The molecule has 1 N–H and O–H groups in total. The molecule has 3 heterocycles. The molecule has 0 bridgehead atoms. The van der Waals surface area contributed by atoms with Crippen molar-refractivity contribution in [2.24, 2.45) is 0 Å². The summed E-state index contributed by atoms with van der Waals surface area (Å²) in [6, 6.07) is 13.3. The molecule has 1 atom stereocenters. The van der Waals surface area contributed by atoms with E-state index in [4.69, 9.17) is 4.42 Å². The maximum atomic E-state index is 12.6. The van der Waals surface area contributed by atoms with Gasteiger partial charge in [-0.1, -0.05) is 48.6 Å². The van der Waals surface area contributed by atoms with Crippen LogP contribution in [0.3, 0.4) is 0 Å². The Balaban J connectivity index is 1.59. The number of nitrogens with zero attached hydrogens (tertiary/aromatic N) is 4. The molecule has 0 saturated heterocycles. The summed E-state index contributed by atoms with van der Waals surface area (Å²) < 4.78 is 6.92. The summed E-state index contributed by atoms with van der Waals surface area (Å²) in [5.74, 6) is 0.775. The van der Waals surface area contributed by atoms with Crippen molar-refractivity contribution in [3.05, 3.63) is 54.3 Å².